The molecule has 1 aromatic carbocycles. The predicted molar refractivity (Wildman–Crippen MR) is 147 cm³/mol. The van der Waals surface area contributed by atoms with Crippen LogP contribution in [0.3, 0.4) is 0 Å². The number of ether oxygens (including phenoxy) is 1. The standard InChI is InChI=1S/C27H35Cl2FN2O4S/c1-17(12-21(29)13-18(2)28)19(3)32-10-8-27(4,9-11-32)16-36-25-15-24(30)23(14-22(25)20-6-7-20)26(33)31-37(5,34)35/h12-15,19-20H,2,6-11,16H2,1,3-5H3,(H,31,33)/b17-12+,21-13+/t19-/m0/s1. The number of sulfonamides is 1. The van der Waals surface area contributed by atoms with Gasteiger partial charge in [0.1, 0.15) is 11.6 Å². The summed E-state index contributed by atoms with van der Waals surface area (Å²) in [5.74, 6) is -1.17. The average Bonchev–Trinajstić information content (AvgIpc) is 3.61. The van der Waals surface area contributed by atoms with Gasteiger partial charge in [0.15, 0.2) is 0 Å². The van der Waals surface area contributed by atoms with Crippen molar-refractivity contribution in [1.82, 2.24) is 9.62 Å². The molecule has 0 radical (unpaired) electrons. The van der Waals surface area contributed by atoms with Gasteiger partial charge in [-0.2, -0.15) is 0 Å². The highest BCUT2D eigenvalue weighted by Crippen LogP contribution is 2.46. The maximum absolute atomic E-state index is 14.8. The van der Waals surface area contributed by atoms with E-state index in [1.54, 1.807) is 6.08 Å². The van der Waals surface area contributed by atoms with E-state index < -0.39 is 21.7 Å². The lowest BCUT2D eigenvalue weighted by molar-refractivity contribution is 0.0578. The van der Waals surface area contributed by atoms with Crippen LogP contribution in [0.25, 0.3) is 0 Å². The molecule has 2 aliphatic rings. The number of carbonyl (C=O) groups is 1. The van der Waals surface area contributed by atoms with E-state index in [9.17, 15) is 17.6 Å². The molecule has 0 spiro atoms. The zero-order valence-corrected chi connectivity index (χ0v) is 24.1. The topological polar surface area (TPSA) is 75.7 Å². The summed E-state index contributed by atoms with van der Waals surface area (Å²) in [6.45, 7) is 12.2. The average molecular weight is 574 g/mol. The van der Waals surface area contributed by atoms with Gasteiger partial charge in [-0.1, -0.05) is 42.3 Å². The van der Waals surface area contributed by atoms with Gasteiger partial charge in [-0.05, 0) is 82.3 Å². The molecule has 1 aromatic rings. The number of likely N-dealkylation sites (tertiary alicyclic amines) is 1. The Morgan fingerprint density at radius 2 is 1.92 bits per heavy atom. The Hall–Kier alpha value is -1.87. The monoisotopic (exact) mass is 572 g/mol. The first-order valence-corrected chi connectivity index (χ1v) is 14.9. The number of rotatable bonds is 10. The van der Waals surface area contributed by atoms with E-state index in [2.05, 4.69) is 25.3 Å². The minimum absolute atomic E-state index is 0.0919. The number of piperidine rings is 1. The molecule has 10 heteroatoms. The molecule has 0 unspecified atom stereocenters. The minimum atomic E-state index is -3.80. The second-order valence-corrected chi connectivity index (χ2v) is 13.2. The smallest absolute Gasteiger partial charge is 0.267 e. The summed E-state index contributed by atoms with van der Waals surface area (Å²) >= 11 is 12.0. The van der Waals surface area contributed by atoms with Gasteiger partial charge in [0, 0.05) is 27.6 Å². The molecule has 1 aliphatic carbocycles. The Labute approximate surface area is 229 Å². The van der Waals surface area contributed by atoms with Gasteiger partial charge in [-0.15, -0.1) is 0 Å². The summed E-state index contributed by atoms with van der Waals surface area (Å²) < 4.78 is 45.6. The zero-order valence-electron chi connectivity index (χ0n) is 21.7. The van der Waals surface area contributed by atoms with Gasteiger partial charge < -0.3 is 4.74 Å². The number of nitrogens with one attached hydrogen (secondary N) is 1. The molecule has 0 bridgehead atoms. The molecule has 1 amide bonds. The Morgan fingerprint density at radius 1 is 1.30 bits per heavy atom. The van der Waals surface area contributed by atoms with Crippen molar-refractivity contribution in [1.29, 1.82) is 0 Å². The molecular formula is C27H35Cl2FN2O4S. The van der Waals surface area contributed by atoms with E-state index in [4.69, 9.17) is 27.9 Å². The van der Waals surface area contributed by atoms with Crippen molar-refractivity contribution < 1.29 is 22.3 Å². The lowest BCUT2D eigenvalue weighted by atomic mass is 9.80. The van der Waals surface area contributed by atoms with Gasteiger partial charge in [0.05, 0.1) is 18.4 Å². The molecule has 1 atom stereocenters. The van der Waals surface area contributed by atoms with Crippen LogP contribution >= 0.6 is 23.2 Å². The quantitative estimate of drug-likeness (QED) is 0.343. The van der Waals surface area contributed by atoms with Gasteiger partial charge in [0.25, 0.3) is 5.91 Å². The van der Waals surface area contributed by atoms with Crippen LogP contribution in [-0.2, 0) is 10.0 Å². The van der Waals surface area contributed by atoms with E-state index in [0.29, 0.717) is 22.4 Å². The van der Waals surface area contributed by atoms with Crippen molar-refractivity contribution in [3.8, 4) is 5.75 Å². The number of amides is 1. The second kappa shape index (κ2) is 11.9. The Bertz CT molecular complexity index is 1220. The van der Waals surface area contributed by atoms with Crippen molar-refractivity contribution in [3.05, 3.63) is 63.4 Å². The third-order valence-corrected chi connectivity index (χ3v) is 7.97. The summed E-state index contributed by atoms with van der Waals surface area (Å²) in [5, 5.41) is 0.921. The van der Waals surface area contributed by atoms with Crippen molar-refractivity contribution in [2.24, 2.45) is 5.41 Å². The zero-order chi connectivity index (χ0) is 27.5. The van der Waals surface area contributed by atoms with Crippen molar-refractivity contribution >= 4 is 39.1 Å². The van der Waals surface area contributed by atoms with E-state index in [0.717, 1.165) is 56.2 Å². The number of hydrogen-bond acceptors (Lipinski definition) is 5. The van der Waals surface area contributed by atoms with Crippen LogP contribution in [-0.4, -0.2) is 51.2 Å². The third kappa shape index (κ3) is 8.57. The molecule has 1 heterocycles. The number of hydrogen-bond donors (Lipinski definition) is 1. The van der Waals surface area contributed by atoms with Gasteiger partial charge in [0.2, 0.25) is 10.0 Å². The molecule has 2 fully saturated rings. The van der Waals surface area contributed by atoms with Crippen LogP contribution in [0, 0.1) is 11.2 Å². The fourth-order valence-corrected chi connectivity index (χ4v) is 5.40. The summed E-state index contributed by atoms with van der Waals surface area (Å²) in [6, 6.07) is 2.85. The van der Waals surface area contributed by atoms with E-state index in [1.807, 2.05) is 17.7 Å². The molecule has 1 aliphatic heterocycles. The van der Waals surface area contributed by atoms with Gasteiger partial charge >= 0.3 is 0 Å². The highest BCUT2D eigenvalue weighted by atomic mass is 35.5. The molecule has 1 saturated heterocycles. The van der Waals surface area contributed by atoms with Crippen molar-refractivity contribution in [3.63, 3.8) is 0 Å². The largest absolute Gasteiger partial charge is 0.493 e. The van der Waals surface area contributed by atoms with Gasteiger partial charge in [-0.25, -0.2) is 17.5 Å². The molecule has 3 rings (SSSR count). The number of carbonyl (C=O) groups excluding carboxylic acids is 1. The normalized spacial score (nSPS) is 19.9. The fraction of sp³-hybridized carbons (Fsp3) is 0.519. The molecular weight excluding hydrogens is 538 g/mol. The Morgan fingerprint density at radius 3 is 2.46 bits per heavy atom. The SMILES string of the molecule is C=C(Cl)/C=C(Cl)\C=C(/C)[C@H](C)N1CCC(C)(COc2cc(F)c(C(=O)NS(C)(=O)=O)cc2C2CC2)CC1. The number of allylic oxidation sites excluding steroid dienone is 4. The maximum Gasteiger partial charge on any atom is 0.267 e. The molecule has 1 N–H and O–H groups in total. The first kappa shape index (κ1) is 29.7. The van der Waals surface area contributed by atoms with Gasteiger partial charge in [-0.3, -0.25) is 9.69 Å². The number of benzene rings is 1. The predicted octanol–water partition coefficient (Wildman–Crippen LogP) is 6.08. The molecule has 37 heavy (non-hydrogen) atoms. The van der Waals surface area contributed by atoms with Crippen LogP contribution in [0.4, 0.5) is 4.39 Å². The van der Waals surface area contributed by atoms with E-state index >= 15 is 0 Å². The summed E-state index contributed by atoms with van der Waals surface area (Å²) in [6.07, 6.45) is 8.04. The van der Waals surface area contributed by atoms with Crippen LogP contribution < -0.4 is 9.46 Å². The molecule has 204 valence electrons. The molecule has 0 aromatic heterocycles. The Balaban J connectivity index is 1.65. The lowest BCUT2D eigenvalue weighted by Gasteiger charge is -2.42. The fourth-order valence-electron chi connectivity index (χ4n) is 4.47. The summed E-state index contributed by atoms with van der Waals surface area (Å²) in [4.78, 5) is 14.7. The van der Waals surface area contributed by atoms with Crippen LogP contribution in [0.15, 0.2) is 46.5 Å². The van der Waals surface area contributed by atoms with E-state index in [-0.39, 0.29) is 22.9 Å². The summed E-state index contributed by atoms with van der Waals surface area (Å²) in [7, 11) is -3.80. The lowest BCUT2D eigenvalue weighted by Crippen LogP contribution is -2.45. The number of nitrogens with zero attached hydrogens (tertiary/aromatic N) is 1. The highest BCUT2D eigenvalue weighted by Gasteiger charge is 2.34. The summed E-state index contributed by atoms with van der Waals surface area (Å²) in [5.41, 5.74) is 1.50. The first-order valence-electron chi connectivity index (χ1n) is 12.3. The van der Waals surface area contributed by atoms with Crippen LogP contribution in [0.1, 0.15) is 68.3 Å². The van der Waals surface area contributed by atoms with Crippen LogP contribution in [0.2, 0.25) is 0 Å². The second-order valence-electron chi connectivity index (χ2n) is 10.5. The number of halogens is 3. The highest BCUT2D eigenvalue weighted by molar-refractivity contribution is 7.89. The first-order chi connectivity index (χ1) is 17.2. The van der Waals surface area contributed by atoms with E-state index in [1.165, 1.54) is 12.1 Å². The third-order valence-electron chi connectivity index (χ3n) is 7.09. The minimum Gasteiger partial charge on any atom is -0.493 e. The van der Waals surface area contributed by atoms with Crippen molar-refractivity contribution in [2.75, 3.05) is 26.0 Å². The Kier molecular flexibility index (Phi) is 9.54. The maximum atomic E-state index is 14.8. The van der Waals surface area contributed by atoms with Crippen molar-refractivity contribution in [2.45, 2.75) is 58.4 Å². The molecule has 6 nitrogen and oxygen atoms in total. The molecule has 1 saturated carbocycles. The van der Waals surface area contributed by atoms with Crippen LogP contribution in [0.5, 0.6) is 5.75 Å².